The number of fused-ring (bicyclic) bond motifs is 1. The van der Waals surface area contributed by atoms with Crippen LogP contribution in [0.3, 0.4) is 0 Å². The lowest BCUT2D eigenvalue weighted by atomic mass is 10.2. The van der Waals surface area contributed by atoms with Crippen molar-refractivity contribution in [1.29, 1.82) is 0 Å². The summed E-state index contributed by atoms with van der Waals surface area (Å²) in [5, 5.41) is 3.07. The van der Waals surface area contributed by atoms with Gasteiger partial charge in [0.15, 0.2) is 0 Å². The molecule has 3 nitrogen and oxygen atoms in total. The summed E-state index contributed by atoms with van der Waals surface area (Å²) in [6.45, 7) is 0. The van der Waals surface area contributed by atoms with Crippen LogP contribution in [0, 0.1) is 0 Å². The van der Waals surface area contributed by atoms with Crippen molar-refractivity contribution >= 4 is 30.5 Å². The normalized spacial score (nSPS) is 11.4. The summed E-state index contributed by atoms with van der Waals surface area (Å²) in [6.07, 6.45) is 5.44. The molecule has 0 aromatic heterocycles. The fourth-order valence-corrected chi connectivity index (χ4v) is 1.05. The highest BCUT2D eigenvalue weighted by atomic mass is 35.5. The van der Waals surface area contributed by atoms with Crippen LogP contribution in [-0.2, 0) is 0 Å². The van der Waals surface area contributed by atoms with Gasteiger partial charge < -0.3 is 10.8 Å². The maximum Gasteiger partial charge on any atom is 0.0923 e. The number of nitrogens with zero attached hydrogens (tertiary/aromatic N) is 1. The van der Waals surface area contributed by atoms with Gasteiger partial charge in [0.25, 0.3) is 0 Å². The van der Waals surface area contributed by atoms with E-state index in [9.17, 15) is 0 Å². The molecule has 4 heteroatoms. The van der Waals surface area contributed by atoms with E-state index in [0.29, 0.717) is 0 Å². The minimum atomic E-state index is 0. The van der Waals surface area contributed by atoms with Crippen LogP contribution in [0.15, 0.2) is 35.5 Å². The van der Waals surface area contributed by atoms with Crippen molar-refractivity contribution in [2.24, 2.45) is 4.99 Å². The first-order valence-corrected chi connectivity index (χ1v) is 3.50. The van der Waals surface area contributed by atoms with Crippen LogP contribution in [0.4, 0.5) is 5.69 Å². The van der Waals surface area contributed by atoms with Gasteiger partial charge in [-0.05, 0) is 17.7 Å². The highest BCUT2D eigenvalue weighted by molar-refractivity contribution is 5.85. The molecule has 0 saturated heterocycles. The van der Waals surface area contributed by atoms with Gasteiger partial charge >= 0.3 is 0 Å². The van der Waals surface area contributed by atoms with E-state index in [1.807, 2.05) is 30.3 Å². The molecule has 13 heavy (non-hydrogen) atoms. The average molecular weight is 199 g/mol. The predicted molar refractivity (Wildman–Crippen MR) is 58.5 cm³/mol. The molecule has 0 spiro atoms. The Labute approximate surface area is 82.9 Å². The van der Waals surface area contributed by atoms with Gasteiger partial charge in [0.05, 0.1) is 6.34 Å². The predicted octanol–water partition coefficient (Wildman–Crippen LogP) is 1.71. The Hall–Kier alpha value is -1.32. The first-order chi connectivity index (χ1) is 5.47. The summed E-state index contributed by atoms with van der Waals surface area (Å²) in [5.74, 6) is 0. The SMILES string of the molecule is C1=Cc2ccccc2NC=N1.Cl.O. The van der Waals surface area contributed by atoms with Gasteiger partial charge in [0.2, 0.25) is 0 Å². The van der Waals surface area contributed by atoms with E-state index in [1.54, 1.807) is 12.5 Å². The van der Waals surface area contributed by atoms with Crippen molar-refractivity contribution in [2.45, 2.75) is 0 Å². The zero-order chi connectivity index (χ0) is 7.52. The lowest BCUT2D eigenvalue weighted by Gasteiger charge is -2.01. The number of hydrogen-bond donors (Lipinski definition) is 1. The molecule has 2 rings (SSSR count). The van der Waals surface area contributed by atoms with Crippen LogP contribution < -0.4 is 5.32 Å². The molecule has 1 aromatic rings. The van der Waals surface area contributed by atoms with Crippen LogP contribution in [0.25, 0.3) is 6.08 Å². The van der Waals surface area contributed by atoms with E-state index in [0.717, 1.165) is 5.69 Å². The van der Waals surface area contributed by atoms with Gasteiger partial charge in [-0.25, -0.2) is 4.99 Å². The highest BCUT2D eigenvalue weighted by Crippen LogP contribution is 2.16. The van der Waals surface area contributed by atoms with Crippen molar-refractivity contribution in [2.75, 3.05) is 5.32 Å². The van der Waals surface area contributed by atoms with Crippen molar-refractivity contribution in [3.63, 3.8) is 0 Å². The van der Waals surface area contributed by atoms with E-state index in [4.69, 9.17) is 0 Å². The van der Waals surface area contributed by atoms with Crippen molar-refractivity contribution in [1.82, 2.24) is 0 Å². The number of anilines is 1. The summed E-state index contributed by atoms with van der Waals surface area (Å²) in [6, 6.07) is 8.08. The van der Waals surface area contributed by atoms with Gasteiger partial charge in [0.1, 0.15) is 0 Å². The Morgan fingerprint density at radius 3 is 2.77 bits per heavy atom. The van der Waals surface area contributed by atoms with Crippen LogP contribution in [0.1, 0.15) is 5.56 Å². The third-order valence-electron chi connectivity index (χ3n) is 1.60. The van der Waals surface area contributed by atoms with Gasteiger partial charge in [-0.1, -0.05) is 18.2 Å². The van der Waals surface area contributed by atoms with E-state index < -0.39 is 0 Å². The third kappa shape index (κ3) is 2.57. The minimum Gasteiger partial charge on any atom is -0.412 e. The Morgan fingerprint density at radius 1 is 1.15 bits per heavy atom. The monoisotopic (exact) mass is 198 g/mol. The molecule has 3 N–H and O–H groups in total. The second-order valence-corrected chi connectivity index (χ2v) is 2.33. The number of hydrogen-bond acceptors (Lipinski definition) is 2. The molecule has 0 radical (unpaired) electrons. The molecule has 0 saturated carbocycles. The Bertz CT molecular complexity index is 323. The largest absolute Gasteiger partial charge is 0.412 e. The van der Waals surface area contributed by atoms with Gasteiger partial charge in [-0.2, -0.15) is 0 Å². The summed E-state index contributed by atoms with van der Waals surface area (Å²) in [7, 11) is 0. The molecule has 0 atom stereocenters. The molecule has 0 aliphatic carbocycles. The molecule has 1 aromatic carbocycles. The number of para-hydroxylation sites is 1. The van der Waals surface area contributed by atoms with Crippen LogP contribution in [0.5, 0.6) is 0 Å². The lowest BCUT2D eigenvalue weighted by Crippen LogP contribution is -1.93. The van der Waals surface area contributed by atoms with Crippen LogP contribution >= 0.6 is 12.4 Å². The zero-order valence-corrected chi connectivity index (χ0v) is 7.71. The first kappa shape index (κ1) is 11.7. The quantitative estimate of drug-likeness (QED) is 0.678. The Kier molecular flexibility index (Phi) is 4.80. The summed E-state index contributed by atoms with van der Waals surface area (Å²) in [4.78, 5) is 3.97. The second-order valence-electron chi connectivity index (χ2n) is 2.33. The first-order valence-electron chi connectivity index (χ1n) is 3.50. The Morgan fingerprint density at radius 2 is 1.92 bits per heavy atom. The van der Waals surface area contributed by atoms with Gasteiger partial charge in [-0.15, -0.1) is 12.4 Å². The fourth-order valence-electron chi connectivity index (χ4n) is 1.05. The average Bonchev–Trinajstić information content (AvgIpc) is 2.28. The molecule has 1 aliphatic heterocycles. The van der Waals surface area contributed by atoms with Crippen molar-refractivity contribution < 1.29 is 5.48 Å². The fraction of sp³-hybridized carbons (Fsp3) is 0. The molecular weight excluding hydrogens is 188 g/mol. The van der Waals surface area contributed by atoms with E-state index >= 15 is 0 Å². The molecule has 0 fully saturated rings. The summed E-state index contributed by atoms with van der Waals surface area (Å²) >= 11 is 0. The van der Waals surface area contributed by atoms with E-state index in [2.05, 4.69) is 10.3 Å². The number of nitrogens with one attached hydrogen (secondary N) is 1. The number of aliphatic imine (C=N–C) groups is 1. The van der Waals surface area contributed by atoms with Crippen LogP contribution in [0.2, 0.25) is 0 Å². The molecule has 1 aliphatic rings. The molecule has 0 unspecified atom stereocenters. The molecule has 0 bridgehead atoms. The Balaban J connectivity index is 0.000000720. The standard InChI is InChI=1S/C9H8N2.ClH.H2O/c1-2-4-9-8(3-1)5-6-10-7-11-9;;/h1-7H,(H,10,11);1H;1H2. The number of halogens is 1. The minimum absolute atomic E-state index is 0. The molecule has 1 heterocycles. The topological polar surface area (TPSA) is 55.9 Å². The van der Waals surface area contributed by atoms with E-state index in [1.165, 1.54) is 5.56 Å². The van der Waals surface area contributed by atoms with Crippen molar-refractivity contribution in [3.8, 4) is 0 Å². The maximum absolute atomic E-state index is 3.97. The van der Waals surface area contributed by atoms with Gasteiger partial charge in [0, 0.05) is 11.9 Å². The smallest absolute Gasteiger partial charge is 0.0923 e. The van der Waals surface area contributed by atoms with Crippen molar-refractivity contribution in [3.05, 3.63) is 36.0 Å². The van der Waals surface area contributed by atoms with Gasteiger partial charge in [-0.3, -0.25) is 0 Å². The molecule has 0 amide bonds. The highest BCUT2D eigenvalue weighted by Gasteiger charge is 1.96. The summed E-state index contributed by atoms with van der Waals surface area (Å²) in [5.41, 5.74) is 2.27. The van der Waals surface area contributed by atoms with E-state index in [-0.39, 0.29) is 17.9 Å². The van der Waals surface area contributed by atoms with Crippen LogP contribution in [-0.4, -0.2) is 11.8 Å². The molecular formula is C9H11ClN2O. The summed E-state index contributed by atoms with van der Waals surface area (Å²) < 4.78 is 0. The number of rotatable bonds is 0. The maximum atomic E-state index is 3.97. The zero-order valence-electron chi connectivity index (χ0n) is 6.90. The second kappa shape index (κ2) is 5.35. The number of benzene rings is 1. The molecule has 70 valence electrons. The lowest BCUT2D eigenvalue weighted by molar-refractivity contribution is 0.824. The third-order valence-corrected chi connectivity index (χ3v) is 1.60.